The largest absolute Gasteiger partial charge is 0.255 e. The summed E-state index contributed by atoms with van der Waals surface area (Å²) in [4.78, 5) is 4.34. The van der Waals surface area contributed by atoms with Gasteiger partial charge in [-0.25, -0.2) is 0 Å². The first kappa shape index (κ1) is 10.7. The molecule has 0 radical (unpaired) electrons. The van der Waals surface area contributed by atoms with E-state index in [1.165, 1.54) is 0 Å². The van der Waals surface area contributed by atoms with Crippen LogP contribution >= 0.6 is 27.5 Å². The Morgan fingerprint density at radius 2 is 2.00 bits per heavy atom. The van der Waals surface area contributed by atoms with Gasteiger partial charge < -0.3 is 0 Å². The molecule has 0 N–H and O–H groups in total. The van der Waals surface area contributed by atoms with E-state index in [4.69, 9.17) is 11.6 Å². The van der Waals surface area contributed by atoms with Gasteiger partial charge in [0, 0.05) is 21.3 Å². The monoisotopic (exact) mass is 281 g/mol. The zero-order chi connectivity index (χ0) is 10.8. The van der Waals surface area contributed by atoms with Gasteiger partial charge in [0.15, 0.2) is 0 Å². The van der Waals surface area contributed by atoms with Gasteiger partial charge in [0.05, 0.1) is 5.69 Å². The first-order valence-corrected chi connectivity index (χ1v) is 5.72. The van der Waals surface area contributed by atoms with Gasteiger partial charge in [0.2, 0.25) is 0 Å². The van der Waals surface area contributed by atoms with Crippen molar-refractivity contribution < 1.29 is 0 Å². The molecule has 1 nitrogen and oxygen atoms in total. The molecule has 0 saturated heterocycles. The van der Waals surface area contributed by atoms with Crippen molar-refractivity contribution in [1.29, 1.82) is 0 Å². The van der Waals surface area contributed by atoms with Gasteiger partial charge in [-0.2, -0.15) is 0 Å². The molecular formula is C12H9BrClN. The summed E-state index contributed by atoms with van der Waals surface area (Å²) >= 11 is 9.52. The van der Waals surface area contributed by atoms with Crippen molar-refractivity contribution in [2.45, 2.75) is 6.92 Å². The van der Waals surface area contributed by atoms with Crippen LogP contribution < -0.4 is 0 Å². The molecule has 0 unspecified atom stereocenters. The highest BCUT2D eigenvalue weighted by Gasteiger charge is 2.05. The molecule has 76 valence electrons. The van der Waals surface area contributed by atoms with E-state index in [1.54, 1.807) is 6.20 Å². The van der Waals surface area contributed by atoms with Gasteiger partial charge in [-0.05, 0) is 40.5 Å². The Hall–Kier alpha value is -0.860. The van der Waals surface area contributed by atoms with Crippen LogP contribution in [0.4, 0.5) is 0 Å². The van der Waals surface area contributed by atoms with Crippen LogP contribution in [0.1, 0.15) is 5.56 Å². The molecule has 3 heteroatoms. The second-order valence-electron chi connectivity index (χ2n) is 3.30. The van der Waals surface area contributed by atoms with E-state index in [-0.39, 0.29) is 0 Å². The van der Waals surface area contributed by atoms with E-state index in [2.05, 4.69) is 20.9 Å². The SMILES string of the molecule is Cc1cc(-c2ccccc2Cl)ncc1Br. The number of hydrogen-bond acceptors (Lipinski definition) is 1. The van der Waals surface area contributed by atoms with Gasteiger partial charge in [0.25, 0.3) is 0 Å². The van der Waals surface area contributed by atoms with E-state index in [0.29, 0.717) is 0 Å². The predicted octanol–water partition coefficient (Wildman–Crippen LogP) is 4.47. The Morgan fingerprint density at radius 1 is 1.27 bits per heavy atom. The van der Waals surface area contributed by atoms with E-state index < -0.39 is 0 Å². The number of hydrogen-bond donors (Lipinski definition) is 0. The number of halogens is 2. The van der Waals surface area contributed by atoms with Gasteiger partial charge >= 0.3 is 0 Å². The fraction of sp³-hybridized carbons (Fsp3) is 0.0833. The minimum atomic E-state index is 0.728. The van der Waals surface area contributed by atoms with E-state index in [9.17, 15) is 0 Å². The van der Waals surface area contributed by atoms with Crippen LogP contribution in [-0.4, -0.2) is 4.98 Å². The number of rotatable bonds is 1. The molecular weight excluding hydrogens is 273 g/mol. The van der Waals surface area contributed by atoms with Crippen molar-refractivity contribution >= 4 is 27.5 Å². The summed E-state index contributed by atoms with van der Waals surface area (Å²) in [6, 6.07) is 9.73. The van der Waals surface area contributed by atoms with Crippen molar-refractivity contribution in [2.24, 2.45) is 0 Å². The maximum Gasteiger partial charge on any atom is 0.0720 e. The van der Waals surface area contributed by atoms with E-state index in [0.717, 1.165) is 26.3 Å². The van der Waals surface area contributed by atoms with Crippen molar-refractivity contribution in [1.82, 2.24) is 4.98 Å². The molecule has 2 rings (SSSR count). The quantitative estimate of drug-likeness (QED) is 0.752. The Balaban J connectivity index is 2.55. The highest BCUT2D eigenvalue weighted by Crippen LogP contribution is 2.27. The van der Waals surface area contributed by atoms with Crippen LogP contribution in [0.15, 0.2) is 41.0 Å². The number of aryl methyl sites for hydroxylation is 1. The van der Waals surface area contributed by atoms with Crippen LogP contribution in [0.2, 0.25) is 5.02 Å². The molecule has 0 aliphatic heterocycles. The summed E-state index contributed by atoms with van der Waals surface area (Å²) in [6.45, 7) is 2.03. The van der Waals surface area contributed by atoms with Gasteiger partial charge in [-0.15, -0.1) is 0 Å². The third kappa shape index (κ3) is 2.21. The molecule has 1 heterocycles. The Labute approximate surface area is 102 Å². The fourth-order valence-electron chi connectivity index (χ4n) is 1.36. The average Bonchev–Trinajstić information content (AvgIpc) is 2.23. The lowest BCUT2D eigenvalue weighted by Crippen LogP contribution is -1.86. The highest BCUT2D eigenvalue weighted by molar-refractivity contribution is 9.10. The lowest BCUT2D eigenvalue weighted by Gasteiger charge is -2.05. The first-order chi connectivity index (χ1) is 7.18. The molecule has 15 heavy (non-hydrogen) atoms. The minimum absolute atomic E-state index is 0.728. The van der Waals surface area contributed by atoms with Gasteiger partial charge in [0.1, 0.15) is 0 Å². The molecule has 2 aromatic rings. The standard InChI is InChI=1S/C12H9BrClN/c1-8-6-12(15-7-10(8)13)9-4-2-3-5-11(9)14/h2-7H,1H3. The molecule has 1 aromatic heterocycles. The van der Waals surface area contributed by atoms with Gasteiger partial charge in [-0.3, -0.25) is 4.98 Å². The van der Waals surface area contributed by atoms with Crippen LogP contribution in [0.25, 0.3) is 11.3 Å². The summed E-state index contributed by atoms with van der Waals surface area (Å²) < 4.78 is 1.01. The van der Waals surface area contributed by atoms with Crippen molar-refractivity contribution in [3.8, 4) is 11.3 Å². The minimum Gasteiger partial charge on any atom is -0.255 e. The molecule has 0 amide bonds. The first-order valence-electron chi connectivity index (χ1n) is 4.55. The highest BCUT2D eigenvalue weighted by atomic mass is 79.9. The zero-order valence-corrected chi connectivity index (χ0v) is 10.5. The second-order valence-corrected chi connectivity index (χ2v) is 4.56. The summed E-state index contributed by atoms with van der Waals surface area (Å²) in [5.41, 5.74) is 3.02. The Morgan fingerprint density at radius 3 is 2.67 bits per heavy atom. The lowest BCUT2D eigenvalue weighted by atomic mass is 10.1. The van der Waals surface area contributed by atoms with Crippen LogP contribution in [-0.2, 0) is 0 Å². The maximum atomic E-state index is 6.10. The fourth-order valence-corrected chi connectivity index (χ4v) is 1.80. The molecule has 0 bridgehead atoms. The van der Waals surface area contributed by atoms with Crippen LogP contribution in [0.5, 0.6) is 0 Å². The molecule has 0 atom stereocenters. The molecule has 0 spiro atoms. The van der Waals surface area contributed by atoms with Gasteiger partial charge in [-0.1, -0.05) is 29.8 Å². The molecule has 0 fully saturated rings. The average molecular weight is 283 g/mol. The third-order valence-electron chi connectivity index (χ3n) is 2.20. The molecule has 0 aliphatic rings. The Bertz CT molecular complexity index is 497. The number of nitrogens with zero attached hydrogens (tertiary/aromatic N) is 1. The molecule has 1 aromatic carbocycles. The predicted molar refractivity (Wildman–Crippen MR) is 67.1 cm³/mol. The lowest BCUT2D eigenvalue weighted by molar-refractivity contribution is 1.26. The summed E-state index contributed by atoms with van der Waals surface area (Å²) in [7, 11) is 0. The number of benzene rings is 1. The van der Waals surface area contributed by atoms with E-state index in [1.807, 2.05) is 37.3 Å². The molecule has 0 saturated carbocycles. The van der Waals surface area contributed by atoms with Crippen molar-refractivity contribution in [2.75, 3.05) is 0 Å². The topological polar surface area (TPSA) is 12.9 Å². The number of pyridine rings is 1. The Kier molecular flexibility index (Phi) is 3.08. The van der Waals surface area contributed by atoms with Crippen LogP contribution in [0.3, 0.4) is 0 Å². The summed E-state index contributed by atoms with van der Waals surface area (Å²) in [5, 5.41) is 0.728. The third-order valence-corrected chi connectivity index (χ3v) is 3.36. The maximum absolute atomic E-state index is 6.10. The normalized spacial score (nSPS) is 10.3. The summed E-state index contributed by atoms with van der Waals surface area (Å²) in [5.74, 6) is 0. The number of aromatic nitrogens is 1. The summed E-state index contributed by atoms with van der Waals surface area (Å²) in [6.07, 6.45) is 1.80. The van der Waals surface area contributed by atoms with Crippen molar-refractivity contribution in [3.63, 3.8) is 0 Å². The van der Waals surface area contributed by atoms with Crippen molar-refractivity contribution in [3.05, 3.63) is 51.6 Å². The van der Waals surface area contributed by atoms with Crippen LogP contribution in [0, 0.1) is 6.92 Å². The van der Waals surface area contributed by atoms with E-state index >= 15 is 0 Å². The smallest absolute Gasteiger partial charge is 0.0720 e. The second kappa shape index (κ2) is 4.33. The zero-order valence-electron chi connectivity index (χ0n) is 8.17. The molecule has 0 aliphatic carbocycles.